The first kappa shape index (κ1) is 21.7. The second-order valence-electron chi connectivity index (χ2n) is 6.67. The van der Waals surface area contributed by atoms with E-state index in [9.17, 15) is 9.59 Å². The summed E-state index contributed by atoms with van der Waals surface area (Å²) in [5.74, 6) is 0.172. The van der Waals surface area contributed by atoms with Crippen LogP contribution in [0, 0.1) is 0 Å². The fourth-order valence-corrected chi connectivity index (χ4v) is 4.45. The molecule has 0 radical (unpaired) electrons. The van der Waals surface area contributed by atoms with Crippen LogP contribution in [0.2, 0.25) is 0 Å². The number of carbonyl (C=O) groups excluding carboxylic acids is 2. The molecule has 2 heterocycles. The first-order chi connectivity index (χ1) is 15.6. The van der Waals surface area contributed by atoms with Crippen molar-refractivity contribution in [2.45, 2.75) is 10.8 Å². The average Bonchev–Trinajstić information content (AvgIpc) is 3.31. The van der Waals surface area contributed by atoms with Gasteiger partial charge in [-0.3, -0.25) is 20.4 Å². The maximum Gasteiger partial charge on any atom is 0.248 e. The van der Waals surface area contributed by atoms with E-state index in [-0.39, 0.29) is 24.0 Å². The van der Waals surface area contributed by atoms with Crippen LogP contribution >= 0.6 is 23.1 Å². The van der Waals surface area contributed by atoms with Gasteiger partial charge in [-0.2, -0.15) is 0 Å². The van der Waals surface area contributed by atoms with E-state index < -0.39 is 0 Å². The molecule has 4 aromatic rings. The van der Waals surface area contributed by atoms with Gasteiger partial charge in [0.2, 0.25) is 11.8 Å². The highest BCUT2D eigenvalue weighted by Gasteiger charge is 2.12. The molecule has 2 aromatic carbocycles. The minimum absolute atomic E-state index is 0.0998. The molecule has 0 aliphatic rings. The van der Waals surface area contributed by atoms with E-state index in [1.807, 2.05) is 36.4 Å². The lowest BCUT2D eigenvalue weighted by Gasteiger charge is -2.07. The van der Waals surface area contributed by atoms with Gasteiger partial charge in [0.25, 0.3) is 0 Å². The molecule has 8 nitrogen and oxygen atoms in total. The molecule has 0 atom stereocenters. The Morgan fingerprint density at radius 2 is 1.75 bits per heavy atom. The summed E-state index contributed by atoms with van der Waals surface area (Å²) in [4.78, 5) is 28.7. The lowest BCUT2D eigenvalue weighted by molar-refractivity contribution is -0.127. The van der Waals surface area contributed by atoms with E-state index in [2.05, 4.69) is 26.0 Å². The molecular weight excluding hydrogens is 446 g/mol. The molecule has 0 aliphatic carbocycles. The molecule has 10 heteroatoms. The minimum Gasteiger partial charge on any atom is -0.497 e. The Morgan fingerprint density at radius 1 is 0.969 bits per heavy atom. The first-order valence-electron chi connectivity index (χ1n) is 9.64. The van der Waals surface area contributed by atoms with Crippen molar-refractivity contribution in [3.63, 3.8) is 0 Å². The third-order valence-corrected chi connectivity index (χ3v) is 6.49. The molecule has 162 valence electrons. The van der Waals surface area contributed by atoms with Crippen LogP contribution in [-0.4, -0.2) is 39.9 Å². The maximum absolute atomic E-state index is 12.1. The number of rotatable bonds is 7. The number of pyridine rings is 1. The van der Waals surface area contributed by atoms with Crippen molar-refractivity contribution < 1.29 is 14.3 Å². The van der Waals surface area contributed by atoms with Gasteiger partial charge in [-0.05, 0) is 29.8 Å². The topological polar surface area (TPSA) is 106 Å². The van der Waals surface area contributed by atoms with E-state index in [0.717, 1.165) is 27.9 Å². The molecule has 0 spiro atoms. The van der Waals surface area contributed by atoms with Crippen molar-refractivity contribution in [3.8, 4) is 16.5 Å². The summed E-state index contributed by atoms with van der Waals surface area (Å²) >= 11 is 2.61. The summed E-state index contributed by atoms with van der Waals surface area (Å²) in [6.07, 6.45) is 0.149. The zero-order valence-electron chi connectivity index (χ0n) is 17.1. The van der Waals surface area contributed by atoms with Crippen LogP contribution in [0.25, 0.3) is 21.6 Å². The van der Waals surface area contributed by atoms with Gasteiger partial charge in [0.1, 0.15) is 11.4 Å². The van der Waals surface area contributed by atoms with Gasteiger partial charge in [-0.1, -0.05) is 59.5 Å². The minimum atomic E-state index is -0.335. The number of carbonyl (C=O) groups is 2. The van der Waals surface area contributed by atoms with Gasteiger partial charge in [0.15, 0.2) is 9.35 Å². The van der Waals surface area contributed by atoms with E-state index in [1.165, 1.54) is 23.1 Å². The number of ether oxygens (including phenoxy) is 1. The van der Waals surface area contributed by atoms with Gasteiger partial charge in [-0.25, -0.2) is 4.98 Å². The summed E-state index contributed by atoms with van der Waals surface area (Å²) in [5.41, 5.74) is 7.28. The Balaban J connectivity index is 1.25. The summed E-state index contributed by atoms with van der Waals surface area (Å²) in [6, 6.07) is 18.9. The van der Waals surface area contributed by atoms with Crippen molar-refractivity contribution in [2.24, 2.45) is 0 Å². The van der Waals surface area contributed by atoms with Crippen LogP contribution in [0.3, 0.4) is 0 Å². The van der Waals surface area contributed by atoms with Crippen LogP contribution in [0.15, 0.2) is 65.0 Å². The number of fused-ring (bicyclic) bond motifs is 1. The second-order valence-corrected chi connectivity index (χ2v) is 8.87. The van der Waals surface area contributed by atoms with E-state index >= 15 is 0 Å². The summed E-state index contributed by atoms with van der Waals surface area (Å²) < 4.78 is 5.74. The molecule has 0 aliphatic heterocycles. The molecule has 0 saturated heterocycles. The standard InChI is InChI=1S/C22H19N5O3S2/c1-30-16-9-6-14(7-10-16)12-19(28)24-25-20(29)13-31-22-27-26-21(32-22)18-11-8-15-4-2-3-5-17(15)23-18/h2-11H,12-13H2,1H3,(H,24,28)(H,25,29). The number of methoxy groups -OCH3 is 1. The SMILES string of the molecule is COc1ccc(CC(=O)NNC(=O)CSc2nnc(-c3ccc4ccccc4n3)s2)cc1. The highest BCUT2D eigenvalue weighted by Crippen LogP contribution is 2.29. The number of aromatic nitrogens is 3. The van der Waals surface area contributed by atoms with Crippen molar-refractivity contribution in [2.75, 3.05) is 12.9 Å². The lowest BCUT2D eigenvalue weighted by atomic mass is 10.1. The zero-order chi connectivity index (χ0) is 22.3. The Bertz CT molecular complexity index is 1240. The van der Waals surface area contributed by atoms with E-state index in [0.29, 0.717) is 9.35 Å². The molecule has 0 unspecified atom stereocenters. The molecule has 0 saturated carbocycles. The second kappa shape index (κ2) is 10.2. The van der Waals surface area contributed by atoms with E-state index in [4.69, 9.17) is 4.74 Å². The fraction of sp³-hybridized carbons (Fsp3) is 0.136. The molecular formula is C22H19N5O3S2. The number of thioether (sulfide) groups is 1. The molecule has 0 bridgehead atoms. The van der Waals surface area contributed by atoms with Crippen LogP contribution < -0.4 is 15.6 Å². The van der Waals surface area contributed by atoms with Crippen molar-refractivity contribution in [3.05, 3.63) is 66.2 Å². The van der Waals surface area contributed by atoms with Gasteiger partial charge >= 0.3 is 0 Å². The number of benzene rings is 2. The van der Waals surface area contributed by atoms with Gasteiger partial charge in [-0.15, -0.1) is 10.2 Å². The van der Waals surface area contributed by atoms with Gasteiger partial charge in [0, 0.05) is 5.39 Å². The normalized spacial score (nSPS) is 10.7. The van der Waals surface area contributed by atoms with Crippen LogP contribution in [0.5, 0.6) is 5.75 Å². The van der Waals surface area contributed by atoms with Crippen LogP contribution in [0.4, 0.5) is 0 Å². The summed E-state index contributed by atoms with van der Waals surface area (Å²) in [7, 11) is 1.58. The predicted octanol–water partition coefficient (Wildman–Crippen LogP) is 3.24. The number of hydrogen-bond acceptors (Lipinski definition) is 8. The Kier molecular flexibility index (Phi) is 6.93. The molecule has 32 heavy (non-hydrogen) atoms. The number of hydrogen-bond donors (Lipinski definition) is 2. The van der Waals surface area contributed by atoms with Gasteiger partial charge in [0.05, 0.1) is 24.8 Å². The number of para-hydroxylation sites is 1. The van der Waals surface area contributed by atoms with Crippen LogP contribution in [-0.2, 0) is 16.0 Å². The van der Waals surface area contributed by atoms with Gasteiger partial charge < -0.3 is 4.74 Å². The predicted molar refractivity (Wildman–Crippen MR) is 124 cm³/mol. The molecule has 2 aromatic heterocycles. The van der Waals surface area contributed by atoms with Crippen LogP contribution in [0.1, 0.15) is 5.56 Å². The Hall–Kier alpha value is -3.50. The number of nitrogens with one attached hydrogen (secondary N) is 2. The zero-order valence-corrected chi connectivity index (χ0v) is 18.7. The lowest BCUT2D eigenvalue weighted by Crippen LogP contribution is -2.43. The summed E-state index contributed by atoms with van der Waals surface area (Å²) in [6.45, 7) is 0. The largest absolute Gasteiger partial charge is 0.497 e. The van der Waals surface area contributed by atoms with Crippen molar-refractivity contribution in [1.82, 2.24) is 26.0 Å². The highest BCUT2D eigenvalue weighted by atomic mass is 32.2. The molecule has 2 N–H and O–H groups in total. The Morgan fingerprint density at radius 3 is 2.56 bits per heavy atom. The number of hydrazine groups is 1. The van der Waals surface area contributed by atoms with Crippen molar-refractivity contribution >= 4 is 45.8 Å². The third kappa shape index (κ3) is 5.59. The summed E-state index contributed by atoms with van der Waals surface area (Å²) in [5, 5.41) is 10.0. The van der Waals surface area contributed by atoms with Crippen molar-refractivity contribution in [1.29, 1.82) is 0 Å². The monoisotopic (exact) mass is 465 g/mol. The first-order valence-corrected chi connectivity index (χ1v) is 11.4. The highest BCUT2D eigenvalue weighted by molar-refractivity contribution is 8.01. The molecule has 0 fully saturated rings. The Labute approximate surface area is 192 Å². The number of nitrogens with zero attached hydrogens (tertiary/aromatic N) is 3. The molecule has 4 rings (SSSR count). The fourth-order valence-electron chi connectivity index (χ4n) is 2.83. The third-order valence-electron chi connectivity index (χ3n) is 4.42. The smallest absolute Gasteiger partial charge is 0.248 e. The quantitative estimate of drug-likeness (QED) is 0.319. The average molecular weight is 466 g/mol. The molecule has 2 amide bonds. The van der Waals surface area contributed by atoms with E-state index in [1.54, 1.807) is 31.4 Å². The maximum atomic E-state index is 12.1. The number of amides is 2.